The van der Waals surface area contributed by atoms with Crippen molar-refractivity contribution in [2.75, 3.05) is 12.5 Å². The Morgan fingerprint density at radius 2 is 2.40 bits per heavy atom. The lowest BCUT2D eigenvalue weighted by molar-refractivity contribution is -0.144. The van der Waals surface area contributed by atoms with E-state index in [0.717, 1.165) is 0 Å². The van der Waals surface area contributed by atoms with Crippen molar-refractivity contribution in [3.63, 3.8) is 0 Å². The number of carbonyl (C=O) groups is 1. The van der Waals surface area contributed by atoms with Crippen LogP contribution in [0.4, 0.5) is 0 Å². The summed E-state index contributed by atoms with van der Waals surface area (Å²) >= 11 is 5.28. The highest BCUT2D eigenvalue weighted by molar-refractivity contribution is 6.18. The number of nitrogens with two attached hydrogens (primary N) is 1. The molecule has 60 valence electrons. The first-order chi connectivity index (χ1) is 4.72. The van der Waals surface area contributed by atoms with Gasteiger partial charge in [-0.2, -0.15) is 0 Å². The molecule has 0 aliphatic heterocycles. The maximum atomic E-state index is 10.7. The molecule has 0 bridgehead atoms. The summed E-state index contributed by atoms with van der Waals surface area (Å²) < 4.78 is 4.65. The lowest BCUT2D eigenvalue weighted by atomic mass is 10.2. The first-order valence-corrected chi connectivity index (χ1v) is 3.74. The minimum absolute atomic E-state index is 0.244. The van der Waals surface area contributed by atoms with Crippen LogP contribution in [-0.4, -0.2) is 24.5 Å². The Bertz CT molecular complexity index is 108. The van der Waals surface area contributed by atoms with Gasteiger partial charge in [0.2, 0.25) is 0 Å². The SMILES string of the molecule is CCC(N)C(=O)OCCCl. The smallest absolute Gasteiger partial charge is 0.322 e. The zero-order chi connectivity index (χ0) is 7.98. The second-order valence-corrected chi connectivity index (χ2v) is 2.25. The van der Waals surface area contributed by atoms with Crippen molar-refractivity contribution >= 4 is 17.6 Å². The number of hydrogen-bond donors (Lipinski definition) is 1. The summed E-state index contributed by atoms with van der Waals surface area (Å²) in [5.74, 6) is -0.0505. The van der Waals surface area contributed by atoms with Crippen molar-refractivity contribution in [3.8, 4) is 0 Å². The number of alkyl halides is 1. The highest BCUT2D eigenvalue weighted by atomic mass is 35.5. The normalized spacial score (nSPS) is 12.7. The first-order valence-electron chi connectivity index (χ1n) is 3.20. The van der Waals surface area contributed by atoms with E-state index in [4.69, 9.17) is 17.3 Å². The summed E-state index contributed by atoms with van der Waals surface area (Å²) in [6, 6.07) is -0.497. The molecule has 0 amide bonds. The maximum absolute atomic E-state index is 10.7. The van der Waals surface area contributed by atoms with Crippen LogP contribution in [0.2, 0.25) is 0 Å². The Morgan fingerprint density at radius 1 is 1.80 bits per heavy atom. The van der Waals surface area contributed by atoms with E-state index >= 15 is 0 Å². The van der Waals surface area contributed by atoms with Crippen molar-refractivity contribution in [3.05, 3.63) is 0 Å². The van der Waals surface area contributed by atoms with Crippen LogP contribution in [0, 0.1) is 0 Å². The van der Waals surface area contributed by atoms with Crippen molar-refractivity contribution in [1.29, 1.82) is 0 Å². The predicted octanol–water partition coefficient (Wildman–Crippen LogP) is 0.506. The monoisotopic (exact) mass is 165 g/mol. The van der Waals surface area contributed by atoms with Crippen LogP contribution in [0.25, 0.3) is 0 Å². The molecule has 0 aromatic heterocycles. The average Bonchev–Trinajstić information content (AvgIpc) is 1.98. The van der Waals surface area contributed by atoms with Gasteiger partial charge in [0, 0.05) is 0 Å². The lowest BCUT2D eigenvalue weighted by Crippen LogP contribution is -2.31. The molecular weight excluding hydrogens is 154 g/mol. The van der Waals surface area contributed by atoms with Gasteiger partial charge in [0.15, 0.2) is 0 Å². The summed E-state index contributed by atoms with van der Waals surface area (Å²) in [5.41, 5.74) is 5.34. The maximum Gasteiger partial charge on any atom is 0.322 e. The molecule has 1 atom stereocenters. The van der Waals surface area contributed by atoms with Gasteiger partial charge in [0.1, 0.15) is 12.6 Å². The molecule has 0 saturated carbocycles. The second kappa shape index (κ2) is 5.50. The van der Waals surface area contributed by atoms with E-state index in [1.54, 1.807) is 0 Å². The van der Waals surface area contributed by atoms with Crippen LogP contribution < -0.4 is 5.73 Å². The van der Waals surface area contributed by atoms with Crippen molar-refractivity contribution < 1.29 is 9.53 Å². The molecule has 0 aliphatic carbocycles. The Hall–Kier alpha value is -0.280. The van der Waals surface area contributed by atoms with Gasteiger partial charge in [-0.25, -0.2) is 0 Å². The van der Waals surface area contributed by atoms with Gasteiger partial charge < -0.3 is 10.5 Å². The largest absolute Gasteiger partial charge is 0.463 e. The molecule has 0 rings (SSSR count). The highest BCUT2D eigenvalue weighted by Crippen LogP contribution is 1.90. The zero-order valence-corrected chi connectivity index (χ0v) is 6.73. The quantitative estimate of drug-likeness (QED) is 0.488. The van der Waals surface area contributed by atoms with Gasteiger partial charge in [0.05, 0.1) is 5.88 Å². The molecular formula is C6H12ClNO2. The Kier molecular flexibility index (Phi) is 5.35. The van der Waals surface area contributed by atoms with E-state index in [-0.39, 0.29) is 12.6 Å². The Morgan fingerprint density at radius 3 is 2.80 bits per heavy atom. The molecule has 4 heteroatoms. The third-order valence-electron chi connectivity index (χ3n) is 1.06. The van der Waals surface area contributed by atoms with Crippen LogP contribution in [0.15, 0.2) is 0 Å². The summed E-state index contributed by atoms with van der Waals surface area (Å²) in [6.45, 7) is 2.07. The van der Waals surface area contributed by atoms with Crippen LogP contribution in [0.1, 0.15) is 13.3 Å². The van der Waals surface area contributed by atoms with Crippen molar-refractivity contribution in [2.24, 2.45) is 5.73 Å². The second-order valence-electron chi connectivity index (χ2n) is 1.87. The molecule has 2 N–H and O–H groups in total. The lowest BCUT2D eigenvalue weighted by Gasteiger charge is -2.06. The highest BCUT2D eigenvalue weighted by Gasteiger charge is 2.10. The molecule has 10 heavy (non-hydrogen) atoms. The molecule has 0 spiro atoms. The van der Waals surface area contributed by atoms with E-state index in [1.165, 1.54) is 0 Å². The number of halogens is 1. The van der Waals surface area contributed by atoms with Gasteiger partial charge in [0.25, 0.3) is 0 Å². The fourth-order valence-electron chi connectivity index (χ4n) is 0.413. The average molecular weight is 166 g/mol. The van der Waals surface area contributed by atoms with Crippen molar-refractivity contribution in [1.82, 2.24) is 0 Å². The molecule has 3 nitrogen and oxygen atoms in total. The minimum atomic E-state index is -0.497. The Labute approximate surface area is 65.5 Å². The van der Waals surface area contributed by atoms with Gasteiger partial charge in [-0.05, 0) is 6.42 Å². The fraction of sp³-hybridized carbons (Fsp3) is 0.833. The summed E-state index contributed by atoms with van der Waals surface area (Å²) in [4.78, 5) is 10.7. The van der Waals surface area contributed by atoms with E-state index in [1.807, 2.05) is 6.92 Å². The molecule has 0 saturated heterocycles. The third-order valence-corrected chi connectivity index (χ3v) is 1.22. The number of ether oxygens (including phenoxy) is 1. The molecule has 0 fully saturated rings. The van der Waals surface area contributed by atoms with E-state index in [2.05, 4.69) is 4.74 Å². The molecule has 0 heterocycles. The molecule has 1 unspecified atom stereocenters. The van der Waals surface area contributed by atoms with Gasteiger partial charge in [-0.1, -0.05) is 6.92 Å². The molecule has 0 aliphatic rings. The van der Waals surface area contributed by atoms with Gasteiger partial charge in [-0.3, -0.25) is 4.79 Å². The fourth-order valence-corrected chi connectivity index (χ4v) is 0.490. The molecule has 0 radical (unpaired) electrons. The Balaban J connectivity index is 3.42. The van der Waals surface area contributed by atoms with Crippen LogP contribution in [0.3, 0.4) is 0 Å². The number of carbonyl (C=O) groups excluding carboxylic acids is 1. The van der Waals surface area contributed by atoms with Gasteiger partial charge >= 0.3 is 5.97 Å². The molecule has 0 aromatic carbocycles. The van der Waals surface area contributed by atoms with Crippen LogP contribution >= 0.6 is 11.6 Å². The minimum Gasteiger partial charge on any atom is -0.463 e. The number of esters is 1. The van der Waals surface area contributed by atoms with E-state index in [0.29, 0.717) is 12.3 Å². The first kappa shape index (κ1) is 9.72. The van der Waals surface area contributed by atoms with Crippen molar-refractivity contribution in [2.45, 2.75) is 19.4 Å². The van der Waals surface area contributed by atoms with E-state index < -0.39 is 6.04 Å². The number of rotatable bonds is 4. The summed E-state index contributed by atoms with van der Waals surface area (Å²) in [7, 11) is 0. The summed E-state index contributed by atoms with van der Waals surface area (Å²) in [5, 5.41) is 0. The number of hydrogen-bond acceptors (Lipinski definition) is 3. The topological polar surface area (TPSA) is 52.3 Å². The van der Waals surface area contributed by atoms with E-state index in [9.17, 15) is 4.79 Å². The molecule has 0 aromatic rings. The standard InChI is InChI=1S/C6H12ClNO2/c1-2-5(8)6(9)10-4-3-7/h5H,2-4,8H2,1H3. The van der Waals surface area contributed by atoms with Crippen LogP contribution in [0.5, 0.6) is 0 Å². The summed E-state index contributed by atoms with van der Waals surface area (Å²) in [6.07, 6.45) is 0.598. The third kappa shape index (κ3) is 3.69. The zero-order valence-electron chi connectivity index (χ0n) is 5.97. The van der Waals surface area contributed by atoms with Gasteiger partial charge in [-0.15, -0.1) is 11.6 Å². The van der Waals surface area contributed by atoms with Crippen LogP contribution in [-0.2, 0) is 9.53 Å². The predicted molar refractivity (Wildman–Crippen MR) is 39.9 cm³/mol.